The minimum absolute atomic E-state index is 0.494. The molecule has 0 spiro atoms. The van der Waals surface area contributed by atoms with Gasteiger partial charge in [-0.1, -0.05) is 23.8 Å². The molecule has 1 fully saturated rings. The third kappa shape index (κ3) is 5.43. The molecule has 1 saturated heterocycles. The van der Waals surface area contributed by atoms with E-state index in [4.69, 9.17) is 19.5 Å². The summed E-state index contributed by atoms with van der Waals surface area (Å²) in [6, 6.07) is 5.42. The maximum absolute atomic E-state index is 8.93. The van der Waals surface area contributed by atoms with Crippen LogP contribution in [-0.2, 0) is 9.47 Å². The fourth-order valence-electron chi connectivity index (χ4n) is 3.59. The van der Waals surface area contributed by atoms with Gasteiger partial charge in [0.1, 0.15) is 18.6 Å². The van der Waals surface area contributed by atoms with Crippen LogP contribution in [-0.4, -0.2) is 54.1 Å². The van der Waals surface area contributed by atoms with E-state index in [9.17, 15) is 0 Å². The van der Waals surface area contributed by atoms with Gasteiger partial charge in [-0.15, -0.1) is 0 Å². The Morgan fingerprint density at radius 1 is 1.17 bits per heavy atom. The number of aromatic nitrogens is 1. The van der Waals surface area contributed by atoms with Crippen LogP contribution in [0.3, 0.4) is 0 Å². The van der Waals surface area contributed by atoms with Gasteiger partial charge >= 0.3 is 0 Å². The van der Waals surface area contributed by atoms with Gasteiger partial charge in [-0.25, -0.2) is 4.98 Å². The Morgan fingerprint density at radius 2 is 2.07 bits per heavy atom. The summed E-state index contributed by atoms with van der Waals surface area (Å²) in [6.07, 6.45) is 14.5. The Balaban J connectivity index is 1.16. The second kappa shape index (κ2) is 9.99. The monoisotopic (exact) mass is 406 g/mol. The summed E-state index contributed by atoms with van der Waals surface area (Å²) >= 11 is 0. The van der Waals surface area contributed by atoms with Crippen LogP contribution in [0.5, 0.6) is 5.88 Å². The van der Waals surface area contributed by atoms with Crippen LogP contribution in [0.1, 0.15) is 24.8 Å². The molecule has 3 aliphatic rings. The number of hydrogen-bond acceptors (Lipinski definition) is 7. The highest BCUT2D eigenvalue weighted by Crippen LogP contribution is 2.25. The Labute approximate surface area is 177 Å². The van der Waals surface area contributed by atoms with Gasteiger partial charge in [0.15, 0.2) is 6.26 Å². The van der Waals surface area contributed by atoms with Crippen LogP contribution in [0.15, 0.2) is 66.3 Å². The molecule has 1 aromatic rings. The molecule has 3 heterocycles. The van der Waals surface area contributed by atoms with E-state index in [2.05, 4.69) is 39.1 Å². The lowest BCUT2D eigenvalue weighted by molar-refractivity contribution is 0.0766. The van der Waals surface area contributed by atoms with Gasteiger partial charge < -0.3 is 19.1 Å². The summed E-state index contributed by atoms with van der Waals surface area (Å²) in [5.74, 6) is 2.11. The number of ether oxygens (including phenoxy) is 3. The Morgan fingerprint density at radius 3 is 2.80 bits per heavy atom. The first kappa shape index (κ1) is 20.0. The molecule has 0 aromatic carbocycles. The van der Waals surface area contributed by atoms with E-state index in [-0.39, 0.29) is 0 Å². The van der Waals surface area contributed by atoms with E-state index in [0.29, 0.717) is 18.1 Å². The van der Waals surface area contributed by atoms with Crippen molar-refractivity contribution in [1.29, 1.82) is 5.26 Å². The lowest BCUT2D eigenvalue weighted by Crippen LogP contribution is -2.47. The third-order valence-electron chi connectivity index (χ3n) is 5.33. The fourth-order valence-corrected chi connectivity index (χ4v) is 3.59. The number of nitrogens with zero attached hydrogens (tertiary/aromatic N) is 4. The molecule has 0 amide bonds. The van der Waals surface area contributed by atoms with E-state index >= 15 is 0 Å². The first-order valence-corrected chi connectivity index (χ1v) is 10.3. The normalized spacial score (nSPS) is 19.0. The second-order valence-electron chi connectivity index (χ2n) is 7.42. The van der Waals surface area contributed by atoms with E-state index in [1.54, 1.807) is 30.9 Å². The second-order valence-corrected chi connectivity index (χ2v) is 7.42. The van der Waals surface area contributed by atoms with E-state index in [1.165, 1.54) is 5.57 Å². The molecule has 0 saturated carbocycles. The third-order valence-corrected chi connectivity index (χ3v) is 5.33. The Kier molecular flexibility index (Phi) is 6.68. The fraction of sp³-hybridized carbons (Fsp3) is 0.391. The van der Waals surface area contributed by atoms with E-state index in [1.807, 2.05) is 0 Å². The van der Waals surface area contributed by atoms with Gasteiger partial charge in [-0.3, -0.25) is 4.90 Å². The van der Waals surface area contributed by atoms with Gasteiger partial charge in [-0.05, 0) is 18.9 Å². The number of rotatable bonds is 7. The van der Waals surface area contributed by atoms with Crippen molar-refractivity contribution in [1.82, 2.24) is 14.8 Å². The summed E-state index contributed by atoms with van der Waals surface area (Å²) in [5, 5.41) is 8.93. The van der Waals surface area contributed by atoms with Crippen molar-refractivity contribution < 1.29 is 14.2 Å². The molecule has 0 unspecified atom stereocenters. The van der Waals surface area contributed by atoms with Crippen LogP contribution < -0.4 is 4.74 Å². The Hall–Kier alpha value is -3.24. The predicted molar refractivity (Wildman–Crippen MR) is 112 cm³/mol. The average Bonchev–Trinajstić information content (AvgIpc) is 2.81. The number of allylic oxidation sites excluding steroid dienone is 4. The molecule has 1 aliphatic carbocycles. The number of nitriles is 1. The zero-order chi connectivity index (χ0) is 20.6. The van der Waals surface area contributed by atoms with Crippen LogP contribution in [0.25, 0.3) is 0 Å². The molecule has 0 atom stereocenters. The van der Waals surface area contributed by atoms with Crippen molar-refractivity contribution in [3.8, 4) is 11.9 Å². The smallest absolute Gasteiger partial charge is 0.231 e. The molecule has 30 heavy (non-hydrogen) atoms. The van der Waals surface area contributed by atoms with Gasteiger partial charge in [-0.2, -0.15) is 5.26 Å². The highest BCUT2D eigenvalue weighted by Gasteiger charge is 2.22. The predicted octanol–water partition coefficient (Wildman–Crippen LogP) is 3.30. The first-order chi connectivity index (χ1) is 14.8. The molecule has 0 N–H and O–H groups in total. The zero-order valence-electron chi connectivity index (χ0n) is 17.0. The van der Waals surface area contributed by atoms with Gasteiger partial charge in [0.2, 0.25) is 11.8 Å². The summed E-state index contributed by atoms with van der Waals surface area (Å²) in [5.41, 5.74) is 1.93. The minimum atomic E-state index is 0.494. The van der Waals surface area contributed by atoms with Crippen molar-refractivity contribution in [2.45, 2.75) is 19.3 Å². The summed E-state index contributed by atoms with van der Waals surface area (Å²) in [7, 11) is 0. The maximum atomic E-state index is 8.93. The topological polar surface area (TPSA) is 70.9 Å². The van der Waals surface area contributed by atoms with Crippen LogP contribution in [0.4, 0.5) is 0 Å². The summed E-state index contributed by atoms with van der Waals surface area (Å²) in [6.45, 7) is 4.95. The standard InChI is InChI=1S/C23H26N4O3/c24-16-20-6-7-25-22(15-20)28-13-12-26-8-10-27(11-9-26)23-18-29-21(17-30-23)14-19-4-2-1-3-5-19/h1-2,4,6-7,15,17-18H,3,5,8-14H2. The molecule has 2 aliphatic heterocycles. The largest absolute Gasteiger partial charge is 0.476 e. The van der Waals surface area contributed by atoms with Gasteiger partial charge in [0.25, 0.3) is 0 Å². The molecule has 1 aromatic heterocycles. The van der Waals surface area contributed by atoms with Gasteiger partial charge in [0, 0.05) is 51.4 Å². The van der Waals surface area contributed by atoms with E-state index < -0.39 is 0 Å². The molecule has 4 rings (SSSR count). The quantitative estimate of drug-likeness (QED) is 0.688. The Bertz CT molecular complexity index is 905. The lowest BCUT2D eigenvalue weighted by Gasteiger charge is -2.36. The van der Waals surface area contributed by atoms with Crippen LogP contribution in [0, 0.1) is 11.3 Å². The highest BCUT2D eigenvalue weighted by atomic mass is 16.6. The molecule has 0 bridgehead atoms. The van der Waals surface area contributed by atoms with Crippen molar-refractivity contribution in [3.05, 3.63) is 71.9 Å². The lowest BCUT2D eigenvalue weighted by atomic mass is 10.0. The first-order valence-electron chi connectivity index (χ1n) is 10.3. The highest BCUT2D eigenvalue weighted by molar-refractivity contribution is 5.31. The van der Waals surface area contributed by atoms with Crippen molar-refractivity contribution in [3.63, 3.8) is 0 Å². The number of pyridine rings is 1. The van der Waals surface area contributed by atoms with Gasteiger partial charge in [0.05, 0.1) is 11.6 Å². The summed E-state index contributed by atoms with van der Waals surface area (Å²) in [4.78, 5) is 8.68. The van der Waals surface area contributed by atoms with Crippen molar-refractivity contribution in [2.24, 2.45) is 0 Å². The molecule has 156 valence electrons. The molecular weight excluding hydrogens is 380 g/mol. The van der Waals surface area contributed by atoms with Crippen molar-refractivity contribution in [2.75, 3.05) is 39.3 Å². The molecule has 0 radical (unpaired) electrons. The SMILES string of the molecule is N#Cc1ccnc(OCCN2CCN(C3=COC(CC4=CC=CCC4)=CO3)CC2)c1. The van der Waals surface area contributed by atoms with E-state index in [0.717, 1.165) is 63.6 Å². The number of piperazine rings is 1. The summed E-state index contributed by atoms with van der Waals surface area (Å²) < 4.78 is 17.3. The minimum Gasteiger partial charge on any atom is -0.476 e. The molecular formula is C23H26N4O3. The average molecular weight is 406 g/mol. The van der Waals surface area contributed by atoms with Crippen LogP contribution in [0.2, 0.25) is 0 Å². The van der Waals surface area contributed by atoms with Crippen molar-refractivity contribution >= 4 is 0 Å². The maximum Gasteiger partial charge on any atom is 0.231 e. The molecule has 7 nitrogen and oxygen atoms in total. The zero-order valence-corrected chi connectivity index (χ0v) is 17.0. The number of hydrogen-bond donors (Lipinski definition) is 0. The molecule has 7 heteroatoms. The van der Waals surface area contributed by atoms with Crippen LogP contribution >= 0.6 is 0 Å².